The van der Waals surface area contributed by atoms with Gasteiger partial charge >= 0.3 is 0 Å². The fourth-order valence-electron chi connectivity index (χ4n) is 1.19. The maximum absolute atomic E-state index is 3.89. The molecule has 0 aliphatic carbocycles. The first kappa shape index (κ1) is 9.03. The van der Waals surface area contributed by atoms with Gasteiger partial charge in [-0.05, 0) is 5.92 Å². The van der Waals surface area contributed by atoms with Crippen molar-refractivity contribution >= 4 is 5.95 Å². The molecular formula is C8H16N4. The molecule has 0 saturated heterocycles. The van der Waals surface area contributed by atoms with E-state index in [-0.39, 0.29) is 0 Å². The van der Waals surface area contributed by atoms with Crippen molar-refractivity contribution in [2.24, 2.45) is 5.92 Å². The molecule has 2 heterocycles. The normalized spacial score (nSPS) is 20.1. The minimum absolute atomic E-state index is 0.684. The minimum Gasteiger partial charge on any atom is -0.354 e. The first-order valence-corrected chi connectivity index (χ1v) is 4.48. The number of hydrogen-bond donors (Lipinski definition) is 1. The molecule has 0 aromatic carbocycles. The first-order chi connectivity index (χ1) is 5.86. The largest absolute Gasteiger partial charge is 0.354 e. The van der Waals surface area contributed by atoms with Gasteiger partial charge in [0.1, 0.15) is 6.33 Å². The van der Waals surface area contributed by atoms with Crippen molar-refractivity contribution in [3.63, 3.8) is 0 Å². The average Bonchev–Trinajstić information content (AvgIpc) is 2.54. The third-order valence-corrected chi connectivity index (χ3v) is 1.73. The molecule has 0 fully saturated rings. The van der Waals surface area contributed by atoms with E-state index in [0.29, 0.717) is 5.92 Å². The Morgan fingerprint density at radius 1 is 1.58 bits per heavy atom. The first-order valence-electron chi connectivity index (χ1n) is 4.48. The summed E-state index contributed by atoms with van der Waals surface area (Å²) in [5, 5.41) is 10.9. The van der Waals surface area contributed by atoms with Crippen molar-refractivity contribution in [1.82, 2.24) is 14.8 Å². The molecule has 0 radical (unpaired) electrons. The van der Waals surface area contributed by atoms with Crippen LogP contribution in [0.4, 0.5) is 5.95 Å². The molecule has 1 unspecified atom stereocenters. The lowest BCUT2D eigenvalue weighted by Crippen LogP contribution is -2.24. The van der Waals surface area contributed by atoms with Gasteiger partial charge in [-0.3, -0.25) is 4.57 Å². The number of fused-ring (bicyclic) bond motifs is 1. The van der Waals surface area contributed by atoms with E-state index in [2.05, 4.69) is 22.4 Å². The van der Waals surface area contributed by atoms with Gasteiger partial charge in [0.25, 0.3) is 0 Å². The van der Waals surface area contributed by atoms with E-state index in [4.69, 9.17) is 0 Å². The maximum atomic E-state index is 3.89. The van der Waals surface area contributed by atoms with Crippen LogP contribution in [0.5, 0.6) is 0 Å². The Morgan fingerprint density at radius 3 is 3.08 bits per heavy atom. The van der Waals surface area contributed by atoms with Crippen molar-refractivity contribution in [3.05, 3.63) is 6.33 Å². The third-order valence-electron chi connectivity index (χ3n) is 1.73. The summed E-state index contributed by atoms with van der Waals surface area (Å²) in [6.07, 6.45) is 1.76. The fourth-order valence-corrected chi connectivity index (χ4v) is 1.19. The zero-order valence-corrected chi connectivity index (χ0v) is 7.91. The molecule has 0 bridgehead atoms. The Balaban J connectivity index is 0.000000336. The molecule has 12 heavy (non-hydrogen) atoms. The molecular weight excluding hydrogens is 152 g/mol. The van der Waals surface area contributed by atoms with Gasteiger partial charge in [-0.1, -0.05) is 20.8 Å². The van der Waals surface area contributed by atoms with E-state index >= 15 is 0 Å². The van der Waals surface area contributed by atoms with E-state index in [9.17, 15) is 0 Å². The highest BCUT2D eigenvalue weighted by Gasteiger charge is 2.13. The molecule has 2 rings (SSSR count). The smallest absolute Gasteiger partial charge is 0.224 e. The van der Waals surface area contributed by atoms with E-state index < -0.39 is 0 Å². The van der Waals surface area contributed by atoms with Gasteiger partial charge in [-0.25, -0.2) is 0 Å². The number of hydrogen-bond acceptors (Lipinski definition) is 3. The Morgan fingerprint density at radius 2 is 2.33 bits per heavy atom. The van der Waals surface area contributed by atoms with Gasteiger partial charge in [0, 0.05) is 13.1 Å². The van der Waals surface area contributed by atoms with Crippen LogP contribution in [-0.4, -0.2) is 21.3 Å². The summed E-state index contributed by atoms with van der Waals surface area (Å²) in [4.78, 5) is 0. The highest BCUT2D eigenvalue weighted by atomic mass is 15.3. The monoisotopic (exact) mass is 168 g/mol. The van der Waals surface area contributed by atoms with Gasteiger partial charge in [-0.2, -0.15) is 0 Å². The number of rotatable bonds is 0. The molecule has 1 aliphatic rings. The second-order valence-corrected chi connectivity index (χ2v) is 2.79. The van der Waals surface area contributed by atoms with Gasteiger partial charge in [-0.15, -0.1) is 10.2 Å². The zero-order valence-electron chi connectivity index (χ0n) is 7.91. The molecule has 4 nitrogen and oxygen atoms in total. The van der Waals surface area contributed by atoms with E-state index in [1.54, 1.807) is 6.33 Å². The quantitative estimate of drug-likeness (QED) is 0.636. The SMILES string of the molecule is CC.CC1CNc2nncn2C1. The predicted molar refractivity (Wildman–Crippen MR) is 49.0 cm³/mol. The lowest BCUT2D eigenvalue weighted by atomic mass is 10.1. The Bertz CT molecular complexity index is 231. The Labute approximate surface area is 73.0 Å². The van der Waals surface area contributed by atoms with E-state index in [1.807, 2.05) is 18.4 Å². The molecule has 4 heteroatoms. The topological polar surface area (TPSA) is 42.7 Å². The van der Waals surface area contributed by atoms with Gasteiger partial charge in [0.15, 0.2) is 0 Å². The number of aromatic nitrogens is 3. The maximum Gasteiger partial charge on any atom is 0.224 e. The summed E-state index contributed by atoms with van der Waals surface area (Å²) < 4.78 is 2.04. The van der Waals surface area contributed by atoms with Crippen LogP contribution in [0.25, 0.3) is 0 Å². The second kappa shape index (κ2) is 4.09. The summed E-state index contributed by atoms with van der Waals surface area (Å²) in [7, 11) is 0. The zero-order chi connectivity index (χ0) is 8.97. The van der Waals surface area contributed by atoms with Crippen LogP contribution in [-0.2, 0) is 6.54 Å². The Kier molecular flexibility index (Phi) is 3.08. The number of anilines is 1. The van der Waals surface area contributed by atoms with Crippen molar-refractivity contribution in [1.29, 1.82) is 0 Å². The molecule has 1 aromatic rings. The molecule has 1 atom stereocenters. The molecule has 0 saturated carbocycles. The van der Waals surface area contributed by atoms with Crippen LogP contribution in [0.2, 0.25) is 0 Å². The molecule has 0 amide bonds. The molecule has 0 spiro atoms. The van der Waals surface area contributed by atoms with Crippen molar-refractivity contribution < 1.29 is 0 Å². The fraction of sp³-hybridized carbons (Fsp3) is 0.750. The van der Waals surface area contributed by atoms with Crippen LogP contribution in [0, 0.1) is 5.92 Å². The molecule has 1 aromatic heterocycles. The summed E-state index contributed by atoms with van der Waals surface area (Å²) in [5.41, 5.74) is 0. The van der Waals surface area contributed by atoms with E-state index in [1.165, 1.54) is 0 Å². The summed E-state index contributed by atoms with van der Waals surface area (Å²) >= 11 is 0. The van der Waals surface area contributed by atoms with Crippen LogP contribution in [0.15, 0.2) is 6.33 Å². The van der Waals surface area contributed by atoms with Crippen molar-refractivity contribution in [3.8, 4) is 0 Å². The second-order valence-electron chi connectivity index (χ2n) is 2.79. The lowest BCUT2D eigenvalue weighted by Gasteiger charge is -2.20. The van der Waals surface area contributed by atoms with E-state index in [0.717, 1.165) is 19.0 Å². The van der Waals surface area contributed by atoms with Gasteiger partial charge < -0.3 is 5.32 Å². The molecule has 1 N–H and O–H groups in total. The van der Waals surface area contributed by atoms with Crippen LogP contribution in [0.3, 0.4) is 0 Å². The number of nitrogens with one attached hydrogen (secondary N) is 1. The third kappa shape index (κ3) is 1.75. The average molecular weight is 168 g/mol. The molecule has 1 aliphatic heterocycles. The molecule has 68 valence electrons. The standard InChI is InChI=1S/C6H10N4.C2H6/c1-5-2-7-6-9-8-4-10(6)3-5;1-2/h4-5H,2-3H2,1H3,(H,7,9);1-2H3. The van der Waals surface area contributed by atoms with Crippen molar-refractivity contribution in [2.45, 2.75) is 27.3 Å². The van der Waals surface area contributed by atoms with Crippen LogP contribution >= 0.6 is 0 Å². The Hall–Kier alpha value is -1.06. The summed E-state index contributed by atoms with van der Waals surface area (Å²) in [6, 6.07) is 0. The highest BCUT2D eigenvalue weighted by molar-refractivity contribution is 5.25. The number of nitrogens with zero attached hydrogens (tertiary/aromatic N) is 3. The summed E-state index contributed by atoms with van der Waals surface area (Å²) in [6.45, 7) is 8.25. The van der Waals surface area contributed by atoms with Gasteiger partial charge in [0.2, 0.25) is 5.95 Å². The lowest BCUT2D eigenvalue weighted by molar-refractivity contribution is 0.477. The van der Waals surface area contributed by atoms with Crippen molar-refractivity contribution in [2.75, 3.05) is 11.9 Å². The highest BCUT2D eigenvalue weighted by Crippen LogP contribution is 2.12. The predicted octanol–water partition coefficient (Wildman–Crippen LogP) is 1.37. The van der Waals surface area contributed by atoms with Gasteiger partial charge in [0.05, 0.1) is 0 Å². The summed E-state index contributed by atoms with van der Waals surface area (Å²) in [5.74, 6) is 1.58. The van der Waals surface area contributed by atoms with Crippen LogP contribution in [0.1, 0.15) is 20.8 Å². The van der Waals surface area contributed by atoms with Crippen LogP contribution < -0.4 is 5.32 Å². The minimum atomic E-state index is 0.684.